The number of carbonyl (C=O) groups excluding carboxylic acids is 2. The maximum atomic E-state index is 15.1. The number of H-pyrrole nitrogens is 1. The third kappa shape index (κ3) is 8.13. The summed E-state index contributed by atoms with van der Waals surface area (Å²) < 4.78 is 33.6. The Balaban J connectivity index is 1.48. The standard InChI is InChI=1S/C27H33F2N7O3/c1-15(16-7-9-19(28)10-8-16)32-24-18(13-30-23(37)14-31-26(38)39-27(2,3)4)11-20(29)25(34-24)33-22-12-21(35-36-22)17-5-6-17/h7-12,15,17H,5-6,13-14H2,1-4H3,(H,30,37)(H,31,38)(H3,32,33,34,35,36)/t15-/m0/s1. The van der Waals surface area contributed by atoms with Gasteiger partial charge in [0, 0.05) is 35.8 Å². The first-order chi connectivity index (χ1) is 18.5. The van der Waals surface area contributed by atoms with Crippen LogP contribution in [0.1, 0.15) is 69.3 Å². The van der Waals surface area contributed by atoms with Gasteiger partial charge in [0.25, 0.3) is 0 Å². The molecule has 39 heavy (non-hydrogen) atoms. The molecule has 1 aromatic carbocycles. The first-order valence-corrected chi connectivity index (χ1v) is 12.7. The molecule has 1 aliphatic rings. The number of aromatic nitrogens is 3. The number of anilines is 3. The van der Waals surface area contributed by atoms with E-state index >= 15 is 4.39 Å². The number of hydrogen-bond donors (Lipinski definition) is 5. The fraction of sp³-hybridized carbons (Fsp3) is 0.407. The Hall–Kier alpha value is -4.22. The highest BCUT2D eigenvalue weighted by molar-refractivity contribution is 5.82. The van der Waals surface area contributed by atoms with Crippen LogP contribution in [0, 0.1) is 11.6 Å². The molecule has 5 N–H and O–H groups in total. The number of benzene rings is 1. The van der Waals surface area contributed by atoms with E-state index in [4.69, 9.17) is 4.74 Å². The van der Waals surface area contributed by atoms with Crippen LogP contribution < -0.4 is 21.3 Å². The summed E-state index contributed by atoms with van der Waals surface area (Å²) in [5.41, 5.74) is 1.45. The monoisotopic (exact) mass is 541 g/mol. The van der Waals surface area contributed by atoms with E-state index < -0.39 is 23.4 Å². The van der Waals surface area contributed by atoms with Crippen molar-refractivity contribution in [3.63, 3.8) is 0 Å². The first-order valence-electron chi connectivity index (χ1n) is 12.7. The summed E-state index contributed by atoms with van der Waals surface area (Å²) in [5.74, 6) is -0.323. The molecule has 4 rings (SSSR count). The third-order valence-corrected chi connectivity index (χ3v) is 5.91. The molecule has 2 aromatic heterocycles. The zero-order chi connectivity index (χ0) is 28.2. The predicted octanol–water partition coefficient (Wildman–Crippen LogP) is 5.02. The average molecular weight is 542 g/mol. The SMILES string of the molecule is C[C@H](Nc1nc(Nc2cc(C3CC3)[nH]n2)c(F)cc1CNC(=O)CNC(=O)OC(C)(C)C)c1ccc(F)cc1. The van der Waals surface area contributed by atoms with Crippen LogP contribution in [-0.2, 0) is 16.1 Å². The zero-order valence-electron chi connectivity index (χ0n) is 22.3. The molecule has 3 aromatic rings. The van der Waals surface area contributed by atoms with Crippen LogP contribution in [-0.4, -0.2) is 39.3 Å². The fourth-order valence-corrected chi connectivity index (χ4v) is 3.76. The number of nitrogens with one attached hydrogen (secondary N) is 5. The van der Waals surface area contributed by atoms with E-state index in [0.29, 0.717) is 23.1 Å². The fourth-order valence-electron chi connectivity index (χ4n) is 3.76. The first kappa shape index (κ1) is 27.8. The van der Waals surface area contributed by atoms with Crippen molar-refractivity contribution in [2.45, 2.75) is 64.6 Å². The maximum absolute atomic E-state index is 15.1. The summed E-state index contributed by atoms with van der Waals surface area (Å²) in [5, 5.41) is 18.3. The number of carbonyl (C=O) groups is 2. The number of ether oxygens (including phenoxy) is 1. The quantitative estimate of drug-likeness (QED) is 0.243. The number of halogens is 2. The van der Waals surface area contributed by atoms with Crippen molar-refractivity contribution >= 4 is 29.5 Å². The van der Waals surface area contributed by atoms with E-state index in [1.807, 2.05) is 13.0 Å². The lowest BCUT2D eigenvalue weighted by molar-refractivity contribution is -0.120. The largest absolute Gasteiger partial charge is 0.444 e. The lowest BCUT2D eigenvalue weighted by atomic mass is 10.1. The van der Waals surface area contributed by atoms with Gasteiger partial charge in [-0.3, -0.25) is 9.89 Å². The van der Waals surface area contributed by atoms with Gasteiger partial charge in [0.15, 0.2) is 17.5 Å². The van der Waals surface area contributed by atoms with Gasteiger partial charge in [0.1, 0.15) is 23.8 Å². The molecule has 2 heterocycles. The van der Waals surface area contributed by atoms with Crippen LogP contribution >= 0.6 is 0 Å². The van der Waals surface area contributed by atoms with Crippen molar-refractivity contribution in [3.8, 4) is 0 Å². The van der Waals surface area contributed by atoms with Crippen LogP contribution in [0.3, 0.4) is 0 Å². The van der Waals surface area contributed by atoms with Crippen molar-refractivity contribution in [3.05, 3.63) is 64.9 Å². The van der Waals surface area contributed by atoms with Gasteiger partial charge in [-0.05, 0) is 64.3 Å². The van der Waals surface area contributed by atoms with Gasteiger partial charge in [-0.1, -0.05) is 12.1 Å². The summed E-state index contributed by atoms with van der Waals surface area (Å²) in [6.07, 6.45) is 1.47. The van der Waals surface area contributed by atoms with Crippen LogP contribution in [0.5, 0.6) is 0 Å². The van der Waals surface area contributed by atoms with Crippen molar-refractivity contribution in [1.82, 2.24) is 25.8 Å². The Labute approximate surface area is 225 Å². The smallest absolute Gasteiger partial charge is 0.408 e. The second-order valence-electron chi connectivity index (χ2n) is 10.5. The molecular weight excluding hydrogens is 508 g/mol. The van der Waals surface area contributed by atoms with Crippen molar-refractivity contribution < 1.29 is 23.1 Å². The van der Waals surface area contributed by atoms with Crippen LogP contribution in [0.4, 0.5) is 31.0 Å². The minimum Gasteiger partial charge on any atom is -0.444 e. The molecule has 0 unspecified atom stereocenters. The lowest BCUT2D eigenvalue weighted by Crippen LogP contribution is -2.39. The van der Waals surface area contributed by atoms with Crippen LogP contribution in [0.15, 0.2) is 36.4 Å². The molecule has 2 amide bonds. The van der Waals surface area contributed by atoms with E-state index in [1.54, 1.807) is 32.9 Å². The molecule has 0 radical (unpaired) electrons. The highest BCUT2D eigenvalue weighted by Gasteiger charge is 2.26. The van der Waals surface area contributed by atoms with Crippen LogP contribution in [0.2, 0.25) is 0 Å². The second kappa shape index (κ2) is 11.7. The minimum absolute atomic E-state index is 0.0423. The molecule has 1 fully saturated rings. The van der Waals surface area contributed by atoms with Gasteiger partial charge in [-0.15, -0.1) is 0 Å². The molecule has 0 bridgehead atoms. The molecule has 1 saturated carbocycles. The molecule has 0 aliphatic heterocycles. The van der Waals surface area contributed by atoms with Crippen molar-refractivity contribution in [2.24, 2.45) is 0 Å². The number of alkyl carbamates (subject to hydrolysis) is 1. The molecule has 0 spiro atoms. The summed E-state index contributed by atoms with van der Waals surface area (Å²) >= 11 is 0. The molecule has 0 saturated heterocycles. The average Bonchev–Trinajstić information content (AvgIpc) is 3.61. The number of aromatic amines is 1. The van der Waals surface area contributed by atoms with Gasteiger partial charge in [0.2, 0.25) is 5.91 Å². The van der Waals surface area contributed by atoms with Gasteiger partial charge in [-0.2, -0.15) is 5.10 Å². The number of nitrogens with zero attached hydrogens (tertiary/aromatic N) is 2. The Morgan fingerprint density at radius 2 is 1.82 bits per heavy atom. The summed E-state index contributed by atoms with van der Waals surface area (Å²) in [6.45, 7) is 6.62. The van der Waals surface area contributed by atoms with Crippen molar-refractivity contribution in [1.29, 1.82) is 0 Å². The normalized spacial score (nSPS) is 13.9. The number of amides is 2. The van der Waals surface area contributed by atoms with Crippen molar-refractivity contribution in [2.75, 3.05) is 17.2 Å². The Morgan fingerprint density at radius 3 is 2.49 bits per heavy atom. The van der Waals surface area contributed by atoms with Gasteiger partial charge in [0.05, 0.1) is 0 Å². The molecular formula is C27H33F2N7O3. The maximum Gasteiger partial charge on any atom is 0.408 e. The minimum atomic E-state index is -0.723. The third-order valence-electron chi connectivity index (χ3n) is 5.91. The van der Waals surface area contributed by atoms with Gasteiger partial charge in [-0.25, -0.2) is 18.6 Å². The highest BCUT2D eigenvalue weighted by atomic mass is 19.1. The highest BCUT2D eigenvalue weighted by Crippen LogP contribution is 2.39. The van der Waals surface area contributed by atoms with Gasteiger partial charge < -0.3 is 26.0 Å². The number of hydrogen-bond acceptors (Lipinski definition) is 7. The summed E-state index contributed by atoms with van der Waals surface area (Å²) in [6, 6.07) is 8.78. The van der Waals surface area contributed by atoms with E-state index in [9.17, 15) is 14.0 Å². The summed E-state index contributed by atoms with van der Waals surface area (Å²) in [7, 11) is 0. The number of rotatable bonds is 10. The molecule has 1 aliphatic carbocycles. The topological polar surface area (TPSA) is 133 Å². The van der Waals surface area contributed by atoms with E-state index in [2.05, 4.69) is 36.4 Å². The van der Waals surface area contributed by atoms with E-state index in [0.717, 1.165) is 24.1 Å². The second-order valence-corrected chi connectivity index (χ2v) is 10.5. The Morgan fingerprint density at radius 1 is 1.10 bits per heavy atom. The van der Waals surface area contributed by atoms with Gasteiger partial charge >= 0.3 is 6.09 Å². The Bertz CT molecular complexity index is 1320. The Kier molecular flexibility index (Phi) is 8.32. The number of pyridine rings is 1. The predicted molar refractivity (Wildman–Crippen MR) is 143 cm³/mol. The molecule has 12 heteroatoms. The lowest BCUT2D eigenvalue weighted by Gasteiger charge is -2.20. The molecule has 10 nitrogen and oxygen atoms in total. The molecule has 208 valence electrons. The zero-order valence-corrected chi connectivity index (χ0v) is 22.3. The van der Waals surface area contributed by atoms with E-state index in [1.165, 1.54) is 18.2 Å². The van der Waals surface area contributed by atoms with Crippen LogP contribution in [0.25, 0.3) is 0 Å². The molecule has 1 atom stereocenters. The van der Waals surface area contributed by atoms with E-state index in [-0.39, 0.29) is 30.8 Å². The summed E-state index contributed by atoms with van der Waals surface area (Å²) in [4.78, 5) is 28.6.